The van der Waals surface area contributed by atoms with Crippen LogP contribution < -0.4 is 0 Å². The SMILES string of the molecule is CC1(F)CCOCC1. The summed E-state index contributed by atoms with van der Waals surface area (Å²) in [6.45, 7) is 2.82. The van der Waals surface area contributed by atoms with Crippen LogP contribution in [0.1, 0.15) is 19.8 Å². The fraction of sp³-hybridized carbons (Fsp3) is 1.00. The normalized spacial score (nSPS) is 27.8. The van der Waals surface area contributed by atoms with Crippen molar-refractivity contribution in [3.63, 3.8) is 0 Å². The molecule has 8 heavy (non-hydrogen) atoms. The Bertz CT molecular complexity index is 72.6. The maximum absolute atomic E-state index is 12.8. The Morgan fingerprint density at radius 1 is 1.38 bits per heavy atom. The van der Waals surface area contributed by atoms with E-state index in [1.54, 1.807) is 6.92 Å². The summed E-state index contributed by atoms with van der Waals surface area (Å²) in [5.74, 6) is 0. The minimum Gasteiger partial charge on any atom is -0.381 e. The Labute approximate surface area is 48.8 Å². The van der Waals surface area contributed by atoms with Gasteiger partial charge in [-0.25, -0.2) is 4.39 Å². The molecule has 1 saturated heterocycles. The molecule has 1 aliphatic heterocycles. The second-order valence-electron chi connectivity index (χ2n) is 2.53. The lowest BCUT2D eigenvalue weighted by Gasteiger charge is -2.24. The molecule has 0 spiro atoms. The van der Waals surface area contributed by atoms with Crippen LogP contribution in [-0.2, 0) is 4.74 Å². The Balaban J connectivity index is 2.33. The zero-order chi connectivity index (χ0) is 6.04. The highest BCUT2D eigenvalue weighted by molar-refractivity contribution is 4.75. The van der Waals surface area contributed by atoms with Crippen LogP contribution in [0.5, 0.6) is 0 Å². The van der Waals surface area contributed by atoms with Crippen molar-refractivity contribution in [3.05, 3.63) is 0 Å². The first-order valence-electron chi connectivity index (χ1n) is 2.97. The lowest BCUT2D eigenvalue weighted by molar-refractivity contribution is 0.00200. The molecule has 0 bridgehead atoms. The van der Waals surface area contributed by atoms with Crippen LogP contribution in [0.2, 0.25) is 0 Å². The van der Waals surface area contributed by atoms with Gasteiger partial charge in [-0.2, -0.15) is 0 Å². The largest absolute Gasteiger partial charge is 0.381 e. The fourth-order valence-corrected chi connectivity index (χ4v) is 0.797. The first-order chi connectivity index (χ1) is 3.71. The van der Waals surface area contributed by atoms with Gasteiger partial charge in [-0.3, -0.25) is 0 Å². The van der Waals surface area contributed by atoms with E-state index in [4.69, 9.17) is 4.74 Å². The minimum atomic E-state index is -0.946. The number of halogens is 1. The number of rotatable bonds is 0. The number of hydrogen-bond donors (Lipinski definition) is 0. The van der Waals surface area contributed by atoms with Crippen molar-refractivity contribution in [1.82, 2.24) is 0 Å². The van der Waals surface area contributed by atoms with E-state index >= 15 is 0 Å². The highest BCUT2D eigenvalue weighted by Crippen LogP contribution is 2.23. The van der Waals surface area contributed by atoms with Crippen LogP contribution in [0.25, 0.3) is 0 Å². The third-order valence-electron chi connectivity index (χ3n) is 1.54. The number of ether oxygens (including phenoxy) is 1. The molecule has 1 fully saturated rings. The fourth-order valence-electron chi connectivity index (χ4n) is 0.797. The molecule has 0 aromatic carbocycles. The molecule has 0 atom stereocenters. The molecule has 2 heteroatoms. The second-order valence-corrected chi connectivity index (χ2v) is 2.53. The highest BCUT2D eigenvalue weighted by Gasteiger charge is 2.25. The Morgan fingerprint density at radius 3 is 2.12 bits per heavy atom. The summed E-state index contributed by atoms with van der Waals surface area (Å²) in [7, 11) is 0. The van der Waals surface area contributed by atoms with E-state index in [-0.39, 0.29) is 0 Å². The van der Waals surface area contributed by atoms with E-state index in [2.05, 4.69) is 0 Å². The lowest BCUT2D eigenvalue weighted by atomic mass is 10.00. The second kappa shape index (κ2) is 2.02. The molecule has 0 radical (unpaired) electrons. The summed E-state index contributed by atoms with van der Waals surface area (Å²) in [6.07, 6.45) is 1.12. The van der Waals surface area contributed by atoms with E-state index in [1.165, 1.54) is 0 Å². The third kappa shape index (κ3) is 1.44. The summed E-state index contributed by atoms with van der Waals surface area (Å²) in [4.78, 5) is 0. The first-order valence-corrected chi connectivity index (χ1v) is 2.97. The van der Waals surface area contributed by atoms with Crippen LogP contribution in [0.3, 0.4) is 0 Å². The highest BCUT2D eigenvalue weighted by atomic mass is 19.1. The molecule has 0 unspecified atom stereocenters. The quantitative estimate of drug-likeness (QED) is 0.468. The Kier molecular flexibility index (Phi) is 1.52. The number of hydrogen-bond acceptors (Lipinski definition) is 1. The van der Waals surface area contributed by atoms with Crippen molar-refractivity contribution in [2.24, 2.45) is 0 Å². The summed E-state index contributed by atoms with van der Waals surface area (Å²) in [6, 6.07) is 0. The molecule has 48 valence electrons. The van der Waals surface area contributed by atoms with Gasteiger partial charge < -0.3 is 4.74 Å². The predicted molar refractivity (Wildman–Crippen MR) is 29.6 cm³/mol. The van der Waals surface area contributed by atoms with Gasteiger partial charge in [0, 0.05) is 26.1 Å². The van der Waals surface area contributed by atoms with E-state index in [0.29, 0.717) is 26.1 Å². The molecule has 0 saturated carbocycles. The van der Waals surface area contributed by atoms with Crippen molar-refractivity contribution in [2.45, 2.75) is 25.4 Å². The van der Waals surface area contributed by atoms with Gasteiger partial charge in [-0.15, -0.1) is 0 Å². The summed E-state index contributed by atoms with van der Waals surface area (Å²) in [5, 5.41) is 0. The third-order valence-corrected chi connectivity index (χ3v) is 1.54. The molecule has 0 amide bonds. The summed E-state index contributed by atoms with van der Waals surface area (Å²) >= 11 is 0. The Morgan fingerprint density at radius 2 is 1.88 bits per heavy atom. The summed E-state index contributed by atoms with van der Waals surface area (Å²) < 4.78 is 17.8. The average molecular weight is 118 g/mol. The van der Waals surface area contributed by atoms with Crippen LogP contribution in [0.4, 0.5) is 4.39 Å². The Hall–Kier alpha value is -0.110. The smallest absolute Gasteiger partial charge is 0.112 e. The van der Waals surface area contributed by atoms with Gasteiger partial charge in [0.15, 0.2) is 0 Å². The lowest BCUT2D eigenvalue weighted by Crippen LogP contribution is -2.27. The molecular formula is C6H11FO. The monoisotopic (exact) mass is 118 g/mol. The first kappa shape index (κ1) is 6.02. The predicted octanol–water partition coefficient (Wildman–Crippen LogP) is 1.52. The van der Waals surface area contributed by atoms with Crippen molar-refractivity contribution < 1.29 is 9.13 Å². The van der Waals surface area contributed by atoms with Gasteiger partial charge in [-0.05, 0) is 6.92 Å². The number of alkyl halides is 1. The molecule has 0 aromatic rings. The van der Waals surface area contributed by atoms with Gasteiger partial charge in [-0.1, -0.05) is 0 Å². The topological polar surface area (TPSA) is 9.23 Å². The van der Waals surface area contributed by atoms with Gasteiger partial charge in [0.05, 0.1) is 0 Å². The molecule has 1 rings (SSSR count). The molecule has 1 heterocycles. The maximum atomic E-state index is 12.8. The van der Waals surface area contributed by atoms with E-state index < -0.39 is 5.67 Å². The molecule has 0 aromatic heterocycles. The molecular weight excluding hydrogens is 107 g/mol. The standard InChI is InChI=1S/C6H11FO/c1-6(7)2-4-8-5-3-6/h2-5H2,1H3. The van der Waals surface area contributed by atoms with E-state index in [9.17, 15) is 4.39 Å². The van der Waals surface area contributed by atoms with Crippen LogP contribution in [0, 0.1) is 0 Å². The van der Waals surface area contributed by atoms with Gasteiger partial charge >= 0.3 is 0 Å². The minimum absolute atomic E-state index is 0.562. The average Bonchev–Trinajstić information content (AvgIpc) is 1.65. The van der Waals surface area contributed by atoms with Crippen molar-refractivity contribution >= 4 is 0 Å². The summed E-state index contributed by atoms with van der Waals surface area (Å²) in [5.41, 5.74) is -0.946. The van der Waals surface area contributed by atoms with Crippen molar-refractivity contribution in [1.29, 1.82) is 0 Å². The van der Waals surface area contributed by atoms with Gasteiger partial charge in [0.1, 0.15) is 5.67 Å². The zero-order valence-corrected chi connectivity index (χ0v) is 5.11. The molecule has 0 N–H and O–H groups in total. The van der Waals surface area contributed by atoms with Crippen LogP contribution >= 0.6 is 0 Å². The van der Waals surface area contributed by atoms with Crippen molar-refractivity contribution in [2.75, 3.05) is 13.2 Å². The molecule has 1 nitrogen and oxygen atoms in total. The van der Waals surface area contributed by atoms with Gasteiger partial charge in [0.2, 0.25) is 0 Å². The van der Waals surface area contributed by atoms with E-state index in [1.807, 2.05) is 0 Å². The van der Waals surface area contributed by atoms with Crippen molar-refractivity contribution in [3.8, 4) is 0 Å². The maximum Gasteiger partial charge on any atom is 0.112 e. The van der Waals surface area contributed by atoms with E-state index in [0.717, 1.165) is 0 Å². The molecule has 1 aliphatic rings. The van der Waals surface area contributed by atoms with Crippen LogP contribution in [-0.4, -0.2) is 18.9 Å². The van der Waals surface area contributed by atoms with Crippen LogP contribution in [0.15, 0.2) is 0 Å². The zero-order valence-electron chi connectivity index (χ0n) is 5.11. The van der Waals surface area contributed by atoms with Gasteiger partial charge in [0.25, 0.3) is 0 Å². The molecule has 0 aliphatic carbocycles.